The fraction of sp³-hybridized carbons (Fsp3) is 0.231. The topological polar surface area (TPSA) is 56.5 Å². The van der Waals surface area contributed by atoms with Crippen LogP contribution >= 0.6 is 0 Å². The molecule has 0 saturated heterocycles. The van der Waals surface area contributed by atoms with Crippen LogP contribution in [0.3, 0.4) is 0 Å². The second-order valence-corrected chi connectivity index (χ2v) is 3.76. The summed E-state index contributed by atoms with van der Waals surface area (Å²) in [7, 11) is 1.25. The zero-order chi connectivity index (χ0) is 12.4. The van der Waals surface area contributed by atoms with Gasteiger partial charge in [-0.25, -0.2) is 0 Å². The van der Waals surface area contributed by atoms with Gasteiger partial charge in [0.15, 0.2) is 5.76 Å². The predicted molar refractivity (Wildman–Crippen MR) is 61.7 cm³/mol. The normalized spacial score (nSPS) is 12.4. The highest BCUT2D eigenvalue weighted by Gasteiger charge is 2.26. The van der Waals surface area contributed by atoms with E-state index in [-0.39, 0.29) is 11.5 Å². The molecule has 0 radical (unpaired) electrons. The molecule has 4 nitrogen and oxygen atoms in total. The summed E-state index contributed by atoms with van der Waals surface area (Å²) in [5.74, 6) is -1.59. The number of esters is 1. The third kappa shape index (κ3) is 2.06. The molecule has 0 N–H and O–H groups in total. The lowest BCUT2D eigenvalue weighted by molar-refractivity contribution is -0.143. The number of hydrogen-bond donors (Lipinski definition) is 0. The van der Waals surface area contributed by atoms with Crippen LogP contribution in [0, 0.1) is 5.92 Å². The molecule has 1 heterocycles. The monoisotopic (exact) mass is 232 g/mol. The van der Waals surface area contributed by atoms with Crippen LogP contribution in [-0.4, -0.2) is 18.9 Å². The van der Waals surface area contributed by atoms with Crippen LogP contribution in [0.1, 0.15) is 17.5 Å². The van der Waals surface area contributed by atoms with Crippen LogP contribution in [0.2, 0.25) is 0 Å². The standard InChI is InChI=1S/C13H12O4/c1-8(13(15)16-2)12(14)11-7-9-5-3-4-6-10(9)17-11/h3-8H,1-2H3. The van der Waals surface area contributed by atoms with E-state index in [4.69, 9.17) is 4.42 Å². The van der Waals surface area contributed by atoms with Crippen molar-refractivity contribution in [3.8, 4) is 0 Å². The van der Waals surface area contributed by atoms with Gasteiger partial charge < -0.3 is 9.15 Å². The lowest BCUT2D eigenvalue weighted by Crippen LogP contribution is -2.21. The Labute approximate surface area is 98.2 Å². The van der Waals surface area contributed by atoms with Gasteiger partial charge in [0.1, 0.15) is 11.5 Å². The summed E-state index contributed by atoms with van der Waals surface area (Å²) < 4.78 is 9.92. The second-order valence-electron chi connectivity index (χ2n) is 3.76. The van der Waals surface area contributed by atoms with Crippen LogP contribution in [0.15, 0.2) is 34.7 Å². The summed E-state index contributed by atoms with van der Waals surface area (Å²) in [6.45, 7) is 1.50. The molecule has 0 saturated carbocycles. The molecule has 4 heteroatoms. The quantitative estimate of drug-likeness (QED) is 0.463. The van der Waals surface area contributed by atoms with Gasteiger partial charge in [-0.05, 0) is 19.1 Å². The maximum absolute atomic E-state index is 11.9. The lowest BCUT2D eigenvalue weighted by Gasteiger charge is -2.04. The molecule has 0 amide bonds. The first-order valence-electron chi connectivity index (χ1n) is 5.24. The Morgan fingerprint density at radius 3 is 2.65 bits per heavy atom. The number of ether oxygens (including phenoxy) is 1. The Morgan fingerprint density at radius 2 is 2.00 bits per heavy atom. The lowest BCUT2D eigenvalue weighted by atomic mass is 10.0. The van der Waals surface area contributed by atoms with Gasteiger partial charge in [0, 0.05) is 5.39 Å². The van der Waals surface area contributed by atoms with Crippen molar-refractivity contribution < 1.29 is 18.7 Å². The van der Waals surface area contributed by atoms with E-state index >= 15 is 0 Å². The molecule has 1 aromatic heterocycles. The summed E-state index contributed by atoms with van der Waals surface area (Å²) in [6, 6.07) is 8.93. The zero-order valence-corrected chi connectivity index (χ0v) is 9.60. The number of hydrogen-bond acceptors (Lipinski definition) is 4. The van der Waals surface area contributed by atoms with Gasteiger partial charge in [-0.1, -0.05) is 18.2 Å². The minimum Gasteiger partial charge on any atom is -0.468 e. The smallest absolute Gasteiger partial charge is 0.316 e. The van der Waals surface area contributed by atoms with Crippen molar-refractivity contribution >= 4 is 22.7 Å². The molecule has 0 spiro atoms. The average Bonchev–Trinajstić information content (AvgIpc) is 2.79. The van der Waals surface area contributed by atoms with Gasteiger partial charge in [0.25, 0.3) is 0 Å². The molecule has 0 bridgehead atoms. The van der Waals surface area contributed by atoms with E-state index in [9.17, 15) is 9.59 Å². The predicted octanol–water partition coefficient (Wildman–Crippen LogP) is 2.42. The van der Waals surface area contributed by atoms with Crippen molar-refractivity contribution in [2.75, 3.05) is 7.11 Å². The first-order chi connectivity index (χ1) is 8.13. The van der Waals surface area contributed by atoms with E-state index in [1.807, 2.05) is 18.2 Å². The molecule has 2 rings (SSSR count). The Morgan fingerprint density at radius 1 is 1.29 bits per heavy atom. The van der Waals surface area contributed by atoms with Gasteiger partial charge in [-0.2, -0.15) is 0 Å². The molecule has 1 atom stereocenters. The first kappa shape index (κ1) is 11.4. The number of carbonyl (C=O) groups is 2. The summed E-state index contributed by atoms with van der Waals surface area (Å²) in [4.78, 5) is 23.2. The van der Waals surface area contributed by atoms with Crippen molar-refractivity contribution in [3.63, 3.8) is 0 Å². The molecule has 0 aliphatic heterocycles. The van der Waals surface area contributed by atoms with Gasteiger partial charge in [-0.3, -0.25) is 9.59 Å². The Kier molecular flexibility index (Phi) is 2.95. The van der Waals surface area contributed by atoms with E-state index < -0.39 is 11.9 Å². The zero-order valence-electron chi connectivity index (χ0n) is 9.60. The number of furan rings is 1. The number of carbonyl (C=O) groups excluding carboxylic acids is 2. The van der Waals surface area contributed by atoms with Gasteiger partial charge in [0.2, 0.25) is 5.78 Å². The van der Waals surface area contributed by atoms with Crippen molar-refractivity contribution in [1.29, 1.82) is 0 Å². The number of methoxy groups -OCH3 is 1. The number of ketones is 1. The number of benzene rings is 1. The number of para-hydroxylation sites is 1. The van der Waals surface area contributed by atoms with Crippen molar-refractivity contribution in [2.45, 2.75) is 6.92 Å². The molecule has 2 aromatic rings. The molecular formula is C13H12O4. The highest BCUT2D eigenvalue weighted by atomic mass is 16.5. The molecule has 0 aliphatic carbocycles. The average molecular weight is 232 g/mol. The van der Waals surface area contributed by atoms with E-state index in [0.29, 0.717) is 5.58 Å². The fourth-order valence-corrected chi connectivity index (χ4v) is 1.60. The van der Waals surface area contributed by atoms with E-state index in [1.54, 1.807) is 12.1 Å². The van der Waals surface area contributed by atoms with Crippen LogP contribution in [0.4, 0.5) is 0 Å². The van der Waals surface area contributed by atoms with E-state index in [0.717, 1.165) is 5.39 Å². The molecule has 1 unspecified atom stereocenters. The fourth-order valence-electron chi connectivity index (χ4n) is 1.60. The maximum atomic E-state index is 11.9. The molecule has 0 aliphatic rings. The number of fused-ring (bicyclic) bond motifs is 1. The largest absolute Gasteiger partial charge is 0.468 e. The Balaban J connectivity index is 2.33. The van der Waals surface area contributed by atoms with Crippen LogP contribution in [-0.2, 0) is 9.53 Å². The first-order valence-corrected chi connectivity index (χ1v) is 5.24. The van der Waals surface area contributed by atoms with Gasteiger partial charge in [-0.15, -0.1) is 0 Å². The van der Waals surface area contributed by atoms with Crippen LogP contribution in [0.5, 0.6) is 0 Å². The maximum Gasteiger partial charge on any atom is 0.316 e. The molecule has 88 valence electrons. The molecular weight excluding hydrogens is 220 g/mol. The Hall–Kier alpha value is -2.10. The molecule has 17 heavy (non-hydrogen) atoms. The third-order valence-electron chi connectivity index (χ3n) is 2.62. The van der Waals surface area contributed by atoms with Gasteiger partial charge in [0.05, 0.1) is 7.11 Å². The second kappa shape index (κ2) is 4.41. The number of rotatable bonds is 3. The molecule has 1 aromatic carbocycles. The van der Waals surface area contributed by atoms with Crippen LogP contribution < -0.4 is 0 Å². The Bertz CT molecular complexity index is 535. The van der Waals surface area contributed by atoms with E-state index in [2.05, 4.69) is 4.74 Å². The van der Waals surface area contributed by atoms with E-state index in [1.165, 1.54) is 14.0 Å². The third-order valence-corrected chi connectivity index (χ3v) is 2.62. The summed E-state index contributed by atoms with van der Waals surface area (Å²) in [5.41, 5.74) is 0.632. The number of Topliss-reactive ketones (excluding diaryl/α,β-unsaturated/α-hetero) is 1. The van der Waals surface area contributed by atoms with Gasteiger partial charge >= 0.3 is 5.97 Å². The summed E-state index contributed by atoms with van der Waals surface area (Å²) >= 11 is 0. The SMILES string of the molecule is COC(=O)C(C)C(=O)c1cc2ccccc2o1. The molecule has 0 fully saturated rings. The highest BCUT2D eigenvalue weighted by Crippen LogP contribution is 2.21. The van der Waals surface area contributed by atoms with Crippen molar-refractivity contribution in [1.82, 2.24) is 0 Å². The highest BCUT2D eigenvalue weighted by molar-refractivity contribution is 6.08. The van der Waals surface area contributed by atoms with Crippen LogP contribution in [0.25, 0.3) is 11.0 Å². The summed E-state index contributed by atoms with van der Waals surface area (Å²) in [5, 5.41) is 0.841. The van der Waals surface area contributed by atoms with Crippen molar-refractivity contribution in [3.05, 3.63) is 36.1 Å². The summed E-state index contributed by atoms with van der Waals surface area (Å²) in [6.07, 6.45) is 0. The minimum absolute atomic E-state index is 0.184. The van der Waals surface area contributed by atoms with Crippen molar-refractivity contribution in [2.24, 2.45) is 5.92 Å². The minimum atomic E-state index is -0.847.